The van der Waals surface area contributed by atoms with E-state index >= 15 is 0 Å². The van der Waals surface area contributed by atoms with E-state index in [1.807, 2.05) is 12.1 Å². The second kappa shape index (κ2) is 9.20. The lowest BCUT2D eigenvalue weighted by molar-refractivity contribution is -0.141. The number of rotatable bonds is 8. The van der Waals surface area contributed by atoms with E-state index in [4.69, 9.17) is 9.84 Å². The Kier molecular flexibility index (Phi) is 6.10. The van der Waals surface area contributed by atoms with Gasteiger partial charge >= 0.3 is 10.8 Å². The number of carbonyl (C=O) groups is 3. The van der Waals surface area contributed by atoms with Gasteiger partial charge in [-0.1, -0.05) is 23.8 Å². The van der Waals surface area contributed by atoms with Gasteiger partial charge in [-0.2, -0.15) is 0 Å². The van der Waals surface area contributed by atoms with E-state index in [9.17, 15) is 24.3 Å². The van der Waals surface area contributed by atoms with E-state index in [0.717, 1.165) is 21.9 Å². The number of likely N-dealkylation sites (tertiary alicyclic amines) is 1. The first-order valence-corrected chi connectivity index (χ1v) is 14.3. The van der Waals surface area contributed by atoms with Crippen LogP contribution in [0, 0.1) is 29.6 Å². The number of aliphatic carboxylic acids is 1. The minimum atomic E-state index is -0.838. The maximum absolute atomic E-state index is 13.6. The number of phenols is 1. The molecule has 0 spiro atoms. The molecule has 2 aromatic rings. The number of fused-ring (bicyclic) bond motifs is 9. The molecule has 7 atom stereocenters. The fourth-order valence-corrected chi connectivity index (χ4v) is 10.2. The highest BCUT2D eigenvalue weighted by Crippen LogP contribution is 2.68. The Morgan fingerprint density at radius 2 is 1.89 bits per heavy atom. The molecular formula is C26H28N2O7S2. The van der Waals surface area contributed by atoms with Crippen LogP contribution < -0.4 is 9.61 Å². The topological polar surface area (TPSA) is 137 Å². The van der Waals surface area contributed by atoms with Gasteiger partial charge in [0.05, 0.1) is 24.0 Å². The molecule has 196 valence electrons. The van der Waals surface area contributed by atoms with Crippen molar-refractivity contribution in [3.05, 3.63) is 38.3 Å². The minimum absolute atomic E-state index is 0.0242. The number of ether oxygens (including phenoxy) is 1. The number of hydrogen-bond acceptors (Lipinski definition) is 8. The molecule has 2 aliphatic heterocycles. The third kappa shape index (κ3) is 3.80. The highest BCUT2D eigenvalue weighted by molar-refractivity contribution is 8.00. The van der Waals surface area contributed by atoms with Crippen molar-refractivity contribution in [2.75, 3.05) is 13.7 Å². The number of nitrogens with zero attached hydrogens (tertiary/aromatic N) is 1. The molecule has 2 aliphatic carbocycles. The van der Waals surface area contributed by atoms with Crippen molar-refractivity contribution in [1.82, 2.24) is 9.88 Å². The standard InChI is InChI=1S/C26H28N2O7S2/c1-35-15-9-11(6-7-14(15)29)17-18-12-10-13(21(18)36-23-22(17)37-26(34)27-23)20-19(12)24(32)28(25(20)33)8-4-2-3-5-16(30)31/h6-7,9,12-13,17-21,29H,2-5,8,10H2,1H3,(H,27,34)(H,30,31)/t12-,13+,17+,18+,19+,20+,21-/m0/s1. The maximum Gasteiger partial charge on any atom is 0.305 e. The summed E-state index contributed by atoms with van der Waals surface area (Å²) in [4.78, 5) is 55.4. The molecule has 6 rings (SSSR count). The van der Waals surface area contributed by atoms with Gasteiger partial charge in [-0.3, -0.25) is 24.1 Å². The van der Waals surface area contributed by atoms with Gasteiger partial charge in [0.2, 0.25) is 11.8 Å². The summed E-state index contributed by atoms with van der Waals surface area (Å²) in [5.74, 6) is -1.28. The summed E-state index contributed by atoms with van der Waals surface area (Å²) in [7, 11) is 1.50. The largest absolute Gasteiger partial charge is 0.504 e. The SMILES string of the molecule is COc1cc([C@H]2c3sc(=O)[nH]c3S[C@H]3[C@@H]4C[C@H]([C@H]5C(=O)N(CCCCCC(=O)O)C(=O)[C@H]45)[C@H]23)ccc1O. The summed E-state index contributed by atoms with van der Waals surface area (Å²) in [5.41, 5.74) is 0.928. The van der Waals surface area contributed by atoms with Gasteiger partial charge in [0, 0.05) is 29.0 Å². The second-order valence-corrected chi connectivity index (χ2v) is 12.6. The van der Waals surface area contributed by atoms with Gasteiger partial charge in [-0.05, 0) is 54.7 Å². The Morgan fingerprint density at radius 3 is 2.62 bits per heavy atom. The van der Waals surface area contributed by atoms with Crippen LogP contribution in [0.1, 0.15) is 48.5 Å². The number of nitrogens with one attached hydrogen (secondary N) is 1. The zero-order chi connectivity index (χ0) is 26.0. The number of methoxy groups -OCH3 is 1. The predicted molar refractivity (Wildman–Crippen MR) is 136 cm³/mol. The Hall–Kier alpha value is -2.79. The molecule has 3 heterocycles. The number of amides is 2. The molecule has 0 unspecified atom stereocenters. The molecule has 3 N–H and O–H groups in total. The number of phenolic OH excluding ortho intramolecular Hbond substituents is 1. The van der Waals surface area contributed by atoms with Crippen molar-refractivity contribution in [2.24, 2.45) is 29.6 Å². The Balaban J connectivity index is 1.31. The van der Waals surface area contributed by atoms with Crippen LogP contribution in [0.4, 0.5) is 0 Å². The molecule has 4 aliphatic rings. The molecule has 9 nitrogen and oxygen atoms in total. The number of hydrogen-bond donors (Lipinski definition) is 3. The van der Waals surface area contributed by atoms with Crippen LogP contribution >= 0.6 is 23.1 Å². The van der Waals surface area contributed by atoms with Gasteiger partial charge in [-0.15, -0.1) is 11.8 Å². The molecule has 11 heteroatoms. The average Bonchev–Trinajstić information content (AvgIpc) is 3.59. The fraction of sp³-hybridized carbons (Fsp3) is 0.538. The van der Waals surface area contributed by atoms with Crippen molar-refractivity contribution in [1.29, 1.82) is 0 Å². The van der Waals surface area contributed by atoms with E-state index < -0.39 is 5.97 Å². The number of carboxylic acid groups (broad SMARTS) is 1. The van der Waals surface area contributed by atoms with Crippen molar-refractivity contribution >= 4 is 40.9 Å². The minimum Gasteiger partial charge on any atom is -0.504 e. The van der Waals surface area contributed by atoms with E-state index in [2.05, 4.69) is 4.98 Å². The lowest BCUT2D eigenvalue weighted by Gasteiger charge is -2.43. The fourth-order valence-electron chi connectivity index (χ4n) is 7.28. The molecule has 1 aromatic heterocycles. The van der Waals surface area contributed by atoms with Crippen molar-refractivity contribution < 1.29 is 29.3 Å². The second-order valence-electron chi connectivity index (χ2n) is 10.4. The molecule has 2 bridgehead atoms. The molecule has 37 heavy (non-hydrogen) atoms. The zero-order valence-electron chi connectivity index (χ0n) is 20.2. The number of thiazole rings is 1. The van der Waals surface area contributed by atoms with Gasteiger partial charge in [0.15, 0.2) is 11.5 Å². The average molecular weight is 545 g/mol. The van der Waals surface area contributed by atoms with Crippen LogP contribution in [0.2, 0.25) is 0 Å². The Morgan fingerprint density at radius 1 is 1.14 bits per heavy atom. The lowest BCUT2D eigenvalue weighted by Crippen LogP contribution is -2.42. The van der Waals surface area contributed by atoms with E-state index in [1.165, 1.54) is 23.3 Å². The molecule has 1 aromatic carbocycles. The molecule has 0 radical (unpaired) electrons. The summed E-state index contributed by atoms with van der Waals surface area (Å²) in [6.07, 6.45) is 2.70. The first-order chi connectivity index (χ1) is 17.8. The molecule has 1 saturated heterocycles. The number of carboxylic acids is 1. The monoisotopic (exact) mass is 544 g/mol. The van der Waals surface area contributed by atoms with Crippen LogP contribution in [0.25, 0.3) is 0 Å². The summed E-state index contributed by atoms with van der Waals surface area (Å²) in [6.45, 7) is 0.339. The van der Waals surface area contributed by atoms with Gasteiger partial charge < -0.3 is 19.9 Å². The molecular weight excluding hydrogens is 516 g/mol. The third-order valence-electron chi connectivity index (χ3n) is 8.65. The summed E-state index contributed by atoms with van der Waals surface area (Å²) < 4.78 is 5.37. The Bertz CT molecular complexity index is 1340. The van der Waals surface area contributed by atoms with Crippen molar-refractivity contribution in [2.45, 2.75) is 48.3 Å². The number of aromatic hydroxyl groups is 1. The highest BCUT2D eigenvalue weighted by Gasteiger charge is 2.69. The highest BCUT2D eigenvalue weighted by atomic mass is 32.2. The van der Waals surface area contributed by atoms with E-state index in [0.29, 0.717) is 31.6 Å². The number of carbonyl (C=O) groups excluding carboxylic acids is 2. The number of unbranched alkanes of at least 4 members (excludes halogenated alkanes) is 2. The smallest absolute Gasteiger partial charge is 0.305 e. The maximum atomic E-state index is 13.6. The van der Waals surface area contributed by atoms with Crippen molar-refractivity contribution in [3.8, 4) is 11.5 Å². The first-order valence-electron chi connectivity index (χ1n) is 12.6. The van der Waals surface area contributed by atoms with Crippen LogP contribution in [-0.2, 0) is 14.4 Å². The number of H-pyrrole nitrogens is 1. The van der Waals surface area contributed by atoms with E-state index in [-0.39, 0.29) is 69.6 Å². The quantitative estimate of drug-likeness (QED) is 0.340. The summed E-state index contributed by atoms with van der Waals surface area (Å²) in [6, 6.07) is 5.28. The van der Waals surface area contributed by atoms with Crippen molar-refractivity contribution in [3.63, 3.8) is 0 Å². The van der Waals surface area contributed by atoms with Gasteiger partial charge in [-0.25, -0.2) is 0 Å². The summed E-state index contributed by atoms with van der Waals surface area (Å²) in [5, 5.41) is 19.9. The third-order valence-corrected chi connectivity index (χ3v) is 11.2. The number of aromatic amines is 1. The van der Waals surface area contributed by atoms with Crippen LogP contribution in [0.15, 0.2) is 28.0 Å². The van der Waals surface area contributed by atoms with Gasteiger partial charge in [0.1, 0.15) is 0 Å². The van der Waals surface area contributed by atoms with Crippen LogP contribution in [-0.4, -0.2) is 56.8 Å². The normalized spacial score (nSPS) is 31.4. The predicted octanol–water partition coefficient (Wildman–Crippen LogP) is 3.27. The number of imide groups is 1. The number of thioether (sulfide) groups is 1. The molecule has 2 amide bonds. The van der Waals surface area contributed by atoms with E-state index in [1.54, 1.807) is 17.8 Å². The number of aromatic nitrogens is 1. The summed E-state index contributed by atoms with van der Waals surface area (Å²) >= 11 is 2.83. The Labute approximate surface area is 221 Å². The lowest BCUT2D eigenvalue weighted by atomic mass is 9.68. The van der Waals surface area contributed by atoms with Crippen LogP contribution in [0.5, 0.6) is 11.5 Å². The zero-order valence-corrected chi connectivity index (χ0v) is 21.8. The van der Waals surface area contributed by atoms with Gasteiger partial charge in [0.25, 0.3) is 0 Å². The molecule has 2 saturated carbocycles. The first kappa shape index (κ1) is 24.5. The van der Waals surface area contributed by atoms with Crippen LogP contribution in [0.3, 0.4) is 0 Å². The number of benzene rings is 1. The molecule has 3 fully saturated rings.